The molecule has 0 saturated heterocycles. The molecule has 2 aromatic carbocycles. The number of para-hydroxylation sites is 1. The zero-order valence-electron chi connectivity index (χ0n) is 15.7. The average molecular weight is 415 g/mol. The summed E-state index contributed by atoms with van der Waals surface area (Å²) in [5.74, 6) is -1.40. The number of ether oxygens (including phenoxy) is 2. The highest BCUT2D eigenvalue weighted by Gasteiger charge is 2.33. The van der Waals surface area contributed by atoms with E-state index in [1.165, 1.54) is 31.4 Å². The predicted octanol–water partition coefficient (Wildman–Crippen LogP) is 4.73. The molecule has 0 unspecified atom stereocenters. The summed E-state index contributed by atoms with van der Waals surface area (Å²) in [7, 11) is 1.44. The van der Waals surface area contributed by atoms with Gasteiger partial charge in [-0.2, -0.15) is 0 Å². The van der Waals surface area contributed by atoms with E-state index in [2.05, 4.69) is 4.99 Å². The monoisotopic (exact) mass is 415 g/mol. The lowest BCUT2D eigenvalue weighted by molar-refractivity contribution is -0.138. The molecule has 1 aliphatic rings. The standard InChI is InChI=1S/C21H18FNO5S/c1-3-28-21(26)18-19(25)17(11-12-8-9-16(27-2)15(24)10-12)29-20(18)23-14-7-5-4-6-13(14)22/h4-11,24-25H,3H2,1-2H3/b17-11+,23-20?. The van der Waals surface area contributed by atoms with Gasteiger partial charge in [0.05, 0.1) is 18.6 Å². The summed E-state index contributed by atoms with van der Waals surface area (Å²) in [6.07, 6.45) is 1.57. The van der Waals surface area contributed by atoms with Crippen LogP contribution in [0.1, 0.15) is 12.5 Å². The Morgan fingerprint density at radius 1 is 1.24 bits per heavy atom. The van der Waals surface area contributed by atoms with Gasteiger partial charge in [0.1, 0.15) is 27.9 Å². The van der Waals surface area contributed by atoms with Crippen molar-refractivity contribution in [1.82, 2.24) is 0 Å². The SMILES string of the molecule is CCOC(=O)C1=C(O)/C(=C\c2ccc(OC)c(O)c2)SC1=Nc1ccccc1F. The number of phenols is 1. The van der Waals surface area contributed by atoms with Gasteiger partial charge in [0.2, 0.25) is 0 Å². The lowest BCUT2D eigenvalue weighted by atomic mass is 10.1. The molecule has 0 fully saturated rings. The number of halogens is 1. The molecule has 150 valence electrons. The van der Waals surface area contributed by atoms with Crippen molar-refractivity contribution in [3.8, 4) is 11.5 Å². The number of carbonyl (C=O) groups is 1. The summed E-state index contributed by atoms with van der Waals surface area (Å²) in [4.78, 5) is 16.9. The van der Waals surface area contributed by atoms with Crippen molar-refractivity contribution in [3.05, 3.63) is 70.1 Å². The first-order valence-electron chi connectivity index (χ1n) is 8.65. The van der Waals surface area contributed by atoms with Crippen LogP contribution in [0.5, 0.6) is 11.5 Å². The van der Waals surface area contributed by atoms with Gasteiger partial charge in [-0.25, -0.2) is 14.2 Å². The van der Waals surface area contributed by atoms with Gasteiger partial charge in [0, 0.05) is 0 Å². The lowest BCUT2D eigenvalue weighted by Crippen LogP contribution is -2.12. The van der Waals surface area contributed by atoms with Crippen LogP contribution < -0.4 is 4.74 Å². The number of hydrogen-bond acceptors (Lipinski definition) is 7. The van der Waals surface area contributed by atoms with Crippen molar-refractivity contribution >= 4 is 34.5 Å². The first-order chi connectivity index (χ1) is 13.9. The van der Waals surface area contributed by atoms with Gasteiger partial charge in [-0.05, 0) is 42.8 Å². The molecular weight excluding hydrogens is 397 g/mol. The van der Waals surface area contributed by atoms with Crippen LogP contribution in [-0.2, 0) is 9.53 Å². The number of methoxy groups -OCH3 is 1. The first kappa shape index (κ1) is 20.5. The highest BCUT2D eigenvalue weighted by atomic mass is 32.2. The van der Waals surface area contributed by atoms with E-state index in [9.17, 15) is 19.4 Å². The molecule has 0 spiro atoms. The van der Waals surface area contributed by atoms with Crippen LogP contribution in [-0.4, -0.2) is 34.9 Å². The molecule has 0 amide bonds. The summed E-state index contributed by atoms with van der Waals surface area (Å²) in [6.45, 7) is 1.75. The fraction of sp³-hybridized carbons (Fsp3) is 0.143. The number of aliphatic hydroxyl groups excluding tert-OH is 1. The second kappa shape index (κ2) is 8.83. The third kappa shape index (κ3) is 4.43. The van der Waals surface area contributed by atoms with Crippen LogP contribution >= 0.6 is 11.8 Å². The molecule has 6 nitrogen and oxygen atoms in total. The molecule has 1 aliphatic heterocycles. The van der Waals surface area contributed by atoms with Gasteiger partial charge < -0.3 is 19.7 Å². The Morgan fingerprint density at radius 3 is 2.66 bits per heavy atom. The van der Waals surface area contributed by atoms with Gasteiger partial charge in [0.15, 0.2) is 11.5 Å². The van der Waals surface area contributed by atoms with Crippen LogP contribution in [0.4, 0.5) is 10.1 Å². The Hall–Kier alpha value is -3.26. The third-order valence-electron chi connectivity index (χ3n) is 3.95. The molecule has 0 aromatic heterocycles. The van der Waals surface area contributed by atoms with Crippen LogP contribution in [0, 0.1) is 5.82 Å². The fourth-order valence-electron chi connectivity index (χ4n) is 2.59. The summed E-state index contributed by atoms with van der Waals surface area (Å²) in [5, 5.41) is 20.7. The molecular formula is C21H18FNO5S. The second-order valence-electron chi connectivity index (χ2n) is 5.85. The van der Waals surface area contributed by atoms with Gasteiger partial charge in [-0.3, -0.25) is 0 Å². The maximum Gasteiger partial charge on any atom is 0.344 e. The van der Waals surface area contributed by atoms with Gasteiger partial charge >= 0.3 is 5.97 Å². The molecule has 0 saturated carbocycles. The minimum Gasteiger partial charge on any atom is -0.506 e. The number of carbonyl (C=O) groups excluding carboxylic acids is 1. The van der Waals surface area contributed by atoms with Gasteiger partial charge in [-0.15, -0.1) is 0 Å². The number of aliphatic hydroxyl groups is 1. The molecule has 2 aromatic rings. The Bertz CT molecular complexity index is 1050. The number of rotatable bonds is 5. The largest absolute Gasteiger partial charge is 0.506 e. The van der Waals surface area contributed by atoms with Crippen molar-refractivity contribution in [2.24, 2.45) is 4.99 Å². The number of hydrogen-bond donors (Lipinski definition) is 2. The van der Waals surface area contributed by atoms with Gasteiger partial charge in [-0.1, -0.05) is 30.0 Å². The van der Waals surface area contributed by atoms with Crippen molar-refractivity contribution < 1.29 is 28.9 Å². The van der Waals surface area contributed by atoms with E-state index in [1.807, 2.05) is 0 Å². The summed E-state index contributed by atoms with van der Waals surface area (Å²) in [6, 6.07) is 10.6. The zero-order valence-corrected chi connectivity index (χ0v) is 16.5. The van der Waals surface area contributed by atoms with Crippen molar-refractivity contribution in [3.63, 3.8) is 0 Å². The van der Waals surface area contributed by atoms with E-state index in [0.717, 1.165) is 11.8 Å². The van der Waals surface area contributed by atoms with E-state index in [1.54, 1.807) is 31.2 Å². The minimum absolute atomic E-state index is 0.0351. The predicted molar refractivity (Wildman–Crippen MR) is 110 cm³/mol. The molecule has 0 radical (unpaired) electrons. The van der Waals surface area contributed by atoms with Crippen LogP contribution in [0.3, 0.4) is 0 Å². The Labute approximate surface area is 171 Å². The maximum atomic E-state index is 14.0. The highest BCUT2D eigenvalue weighted by Crippen LogP contribution is 2.41. The molecule has 1 heterocycles. The molecule has 0 aliphatic carbocycles. The molecule has 29 heavy (non-hydrogen) atoms. The fourth-order valence-corrected chi connectivity index (χ4v) is 3.62. The van der Waals surface area contributed by atoms with Crippen LogP contribution in [0.15, 0.2) is 63.7 Å². The van der Waals surface area contributed by atoms with Crippen LogP contribution in [0.2, 0.25) is 0 Å². The summed E-state index contributed by atoms with van der Waals surface area (Å²) in [5.41, 5.74) is 0.463. The van der Waals surface area contributed by atoms with E-state index in [0.29, 0.717) is 16.2 Å². The summed E-state index contributed by atoms with van der Waals surface area (Å²) < 4.78 is 24.0. The molecule has 8 heteroatoms. The van der Waals surface area contributed by atoms with E-state index < -0.39 is 11.8 Å². The zero-order chi connectivity index (χ0) is 21.0. The molecule has 2 N–H and O–H groups in total. The Morgan fingerprint density at radius 2 is 2.00 bits per heavy atom. The molecule has 0 atom stereocenters. The first-order valence-corrected chi connectivity index (χ1v) is 9.47. The number of aromatic hydroxyl groups is 1. The molecule has 0 bridgehead atoms. The van der Waals surface area contributed by atoms with Crippen molar-refractivity contribution in [2.75, 3.05) is 13.7 Å². The Balaban J connectivity index is 2.05. The smallest absolute Gasteiger partial charge is 0.344 e. The number of benzene rings is 2. The van der Waals surface area contributed by atoms with Crippen molar-refractivity contribution in [2.45, 2.75) is 6.92 Å². The Kier molecular flexibility index (Phi) is 6.23. The topological polar surface area (TPSA) is 88.4 Å². The van der Waals surface area contributed by atoms with Gasteiger partial charge in [0.25, 0.3) is 0 Å². The maximum absolute atomic E-state index is 14.0. The van der Waals surface area contributed by atoms with Crippen LogP contribution in [0.25, 0.3) is 6.08 Å². The number of esters is 1. The number of thioether (sulfide) groups is 1. The third-order valence-corrected chi connectivity index (χ3v) is 4.97. The number of phenolic OH excluding ortho intramolecular Hbond substituents is 1. The van der Waals surface area contributed by atoms with E-state index in [4.69, 9.17) is 9.47 Å². The lowest BCUT2D eigenvalue weighted by Gasteiger charge is -2.04. The second-order valence-corrected chi connectivity index (χ2v) is 6.89. The summed E-state index contributed by atoms with van der Waals surface area (Å²) >= 11 is 1.00. The number of aliphatic imine (C=N–C) groups is 1. The van der Waals surface area contributed by atoms with Crippen molar-refractivity contribution in [1.29, 1.82) is 0 Å². The number of nitrogens with zero attached hydrogens (tertiary/aromatic N) is 1. The average Bonchev–Trinajstić information content (AvgIpc) is 2.99. The van der Waals surface area contributed by atoms with E-state index in [-0.39, 0.29) is 34.4 Å². The highest BCUT2D eigenvalue weighted by molar-refractivity contribution is 8.18. The molecule has 3 rings (SSSR count). The minimum atomic E-state index is -0.756. The van der Waals surface area contributed by atoms with E-state index >= 15 is 0 Å². The normalized spacial score (nSPS) is 16.5. The quantitative estimate of drug-likeness (QED) is 0.686.